The van der Waals surface area contributed by atoms with E-state index in [0.29, 0.717) is 11.1 Å². The number of hydrogen-bond acceptors (Lipinski definition) is 4. The van der Waals surface area contributed by atoms with E-state index in [9.17, 15) is 13.6 Å². The van der Waals surface area contributed by atoms with Crippen LogP contribution in [-0.4, -0.2) is 29.7 Å². The number of rotatable bonds is 6. The average Bonchev–Trinajstić information content (AvgIpc) is 3.02. The Hall–Kier alpha value is -2.74. The summed E-state index contributed by atoms with van der Waals surface area (Å²) in [6.07, 6.45) is -0.297. The second-order valence-electron chi connectivity index (χ2n) is 7.01. The average molecular weight is 422 g/mol. The first-order valence-electron chi connectivity index (χ1n) is 9.20. The Morgan fingerprint density at radius 1 is 1.31 bits per heavy atom. The molecule has 154 valence electrons. The monoisotopic (exact) mass is 421 g/mol. The summed E-state index contributed by atoms with van der Waals surface area (Å²) in [5.74, 6) is -3.83. The van der Waals surface area contributed by atoms with E-state index in [1.807, 2.05) is 0 Å². The first kappa shape index (κ1) is 21.0. The summed E-state index contributed by atoms with van der Waals surface area (Å²) in [7, 11) is 1.63. The van der Waals surface area contributed by atoms with Crippen LogP contribution in [0.3, 0.4) is 0 Å². The molecule has 1 fully saturated rings. The SMILES string of the molecule is CN/N=C(\N)c1ccc(C(C(=O)Nc2cccc(Cl)n2)C2CCC(F)(F)C2)cc1. The van der Waals surface area contributed by atoms with E-state index < -0.39 is 23.7 Å². The Morgan fingerprint density at radius 3 is 2.62 bits per heavy atom. The highest BCUT2D eigenvalue weighted by atomic mass is 35.5. The number of carbonyl (C=O) groups excluding carboxylic acids is 1. The van der Waals surface area contributed by atoms with Gasteiger partial charge in [-0.25, -0.2) is 13.8 Å². The first-order valence-corrected chi connectivity index (χ1v) is 9.58. The van der Waals surface area contributed by atoms with Crippen molar-refractivity contribution in [1.82, 2.24) is 10.4 Å². The van der Waals surface area contributed by atoms with E-state index in [2.05, 4.69) is 20.8 Å². The normalized spacial score (nSPS) is 19.6. The number of aromatic nitrogens is 1. The number of benzene rings is 1. The minimum absolute atomic E-state index is 0.225. The third-order valence-electron chi connectivity index (χ3n) is 4.96. The van der Waals surface area contributed by atoms with Gasteiger partial charge in [0.1, 0.15) is 11.0 Å². The topological polar surface area (TPSA) is 92.4 Å². The number of hydrazone groups is 1. The molecule has 4 N–H and O–H groups in total. The molecule has 29 heavy (non-hydrogen) atoms. The zero-order valence-electron chi connectivity index (χ0n) is 15.8. The maximum Gasteiger partial charge on any atom is 0.248 e. The van der Waals surface area contributed by atoms with E-state index >= 15 is 0 Å². The summed E-state index contributed by atoms with van der Waals surface area (Å²) in [6.45, 7) is 0. The van der Waals surface area contributed by atoms with Crippen LogP contribution >= 0.6 is 11.6 Å². The number of amides is 1. The predicted octanol–water partition coefficient (Wildman–Crippen LogP) is 3.73. The van der Waals surface area contributed by atoms with Crippen molar-refractivity contribution in [2.75, 3.05) is 12.4 Å². The first-order chi connectivity index (χ1) is 13.8. The molecule has 1 aromatic heterocycles. The lowest BCUT2D eigenvalue weighted by atomic mass is 9.83. The minimum Gasteiger partial charge on any atom is -0.382 e. The highest BCUT2D eigenvalue weighted by Gasteiger charge is 2.45. The third kappa shape index (κ3) is 5.20. The van der Waals surface area contributed by atoms with E-state index in [4.69, 9.17) is 17.3 Å². The fourth-order valence-electron chi connectivity index (χ4n) is 3.63. The van der Waals surface area contributed by atoms with Crippen LogP contribution < -0.4 is 16.5 Å². The van der Waals surface area contributed by atoms with E-state index in [1.165, 1.54) is 0 Å². The molecule has 0 bridgehead atoms. The summed E-state index contributed by atoms with van der Waals surface area (Å²) in [4.78, 5) is 17.1. The van der Waals surface area contributed by atoms with E-state index in [1.54, 1.807) is 49.5 Å². The van der Waals surface area contributed by atoms with Gasteiger partial charge in [-0.15, -0.1) is 0 Å². The summed E-state index contributed by atoms with van der Waals surface area (Å²) in [6, 6.07) is 11.7. The number of carbonyl (C=O) groups is 1. The van der Waals surface area contributed by atoms with Gasteiger partial charge in [-0.05, 0) is 30.0 Å². The van der Waals surface area contributed by atoms with Gasteiger partial charge in [0.2, 0.25) is 11.8 Å². The molecule has 2 atom stereocenters. The van der Waals surface area contributed by atoms with Crippen molar-refractivity contribution in [3.8, 4) is 0 Å². The number of nitrogens with one attached hydrogen (secondary N) is 2. The second kappa shape index (κ2) is 8.73. The largest absolute Gasteiger partial charge is 0.382 e. The number of nitrogens with two attached hydrogens (primary N) is 1. The zero-order chi connectivity index (χ0) is 21.0. The molecule has 1 heterocycles. The summed E-state index contributed by atoms with van der Waals surface area (Å²) >= 11 is 5.87. The lowest BCUT2D eigenvalue weighted by Crippen LogP contribution is -2.28. The molecule has 1 saturated carbocycles. The Kier molecular flexibility index (Phi) is 6.32. The van der Waals surface area contributed by atoms with Gasteiger partial charge >= 0.3 is 0 Å². The number of amidine groups is 1. The van der Waals surface area contributed by atoms with Gasteiger partial charge < -0.3 is 16.5 Å². The van der Waals surface area contributed by atoms with Crippen LogP contribution in [0.5, 0.6) is 0 Å². The van der Waals surface area contributed by atoms with Gasteiger partial charge in [-0.2, -0.15) is 5.10 Å². The lowest BCUT2D eigenvalue weighted by Gasteiger charge is -2.23. The number of pyridine rings is 1. The molecule has 2 unspecified atom stereocenters. The molecule has 6 nitrogen and oxygen atoms in total. The quantitative estimate of drug-likeness (QED) is 0.287. The maximum atomic E-state index is 13.9. The van der Waals surface area contributed by atoms with Crippen molar-refractivity contribution in [2.45, 2.75) is 31.1 Å². The van der Waals surface area contributed by atoms with Crippen LogP contribution in [0.1, 0.15) is 36.3 Å². The molecule has 0 radical (unpaired) electrons. The Balaban J connectivity index is 1.89. The number of nitrogens with zero attached hydrogens (tertiary/aromatic N) is 2. The smallest absolute Gasteiger partial charge is 0.248 e. The van der Waals surface area contributed by atoms with Crippen molar-refractivity contribution in [2.24, 2.45) is 16.8 Å². The number of halogens is 3. The highest BCUT2D eigenvalue weighted by molar-refractivity contribution is 6.29. The Morgan fingerprint density at radius 2 is 2.03 bits per heavy atom. The molecule has 1 aliphatic carbocycles. The van der Waals surface area contributed by atoms with E-state index in [-0.39, 0.29) is 36.1 Å². The van der Waals surface area contributed by atoms with Gasteiger partial charge in [-0.1, -0.05) is 41.9 Å². The molecule has 1 amide bonds. The standard InChI is InChI=1S/C20H22ClF2N5O/c1-25-28-18(24)13-7-5-12(6-8-13)17(14-9-10-20(22,23)11-14)19(29)27-16-4-2-3-15(21)26-16/h2-8,14,17,25H,9-11H2,1H3,(H2,24,28)(H,26,27,29). The molecular formula is C20H22ClF2N5O. The van der Waals surface area contributed by atoms with Gasteiger partial charge in [0.05, 0.1) is 5.92 Å². The Bertz CT molecular complexity index is 904. The van der Waals surface area contributed by atoms with Crippen molar-refractivity contribution < 1.29 is 13.6 Å². The molecule has 2 aromatic rings. The summed E-state index contributed by atoms with van der Waals surface area (Å²) in [5, 5.41) is 6.85. The lowest BCUT2D eigenvalue weighted by molar-refractivity contribution is -0.118. The van der Waals surface area contributed by atoms with Crippen LogP contribution in [0.4, 0.5) is 14.6 Å². The van der Waals surface area contributed by atoms with Crippen molar-refractivity contribution in [1.29, 1.82) is 0 Å². The third-order valence-corrected chi connectivity index (χ3v) is 5.17. The maximum absolute atomic E-state index is 13.9. The van der Waals surface area contributed by atoms with Crippen LogP contribution in [0.15, 0.2) is 47.6 Å². The van der Waals surface area contributed by atoms with Crippen molar-refractivity contribution in [3.05, 3.63) is 58.7 Å². The molecule has 0 aliphatic heterocycles. The van der Waals surface area contributed by atoms with E-state index in [0.717, 1.165) is 0 Å². The predicted molar refractivity (Wildman–Crippen MR) is 109 cm³/mol. The van der Waals surface area contributed by atoms with Gasteiger partial charge in [0.25, 0.3) is 0 Å². The fraction of sp³-hybridized carbons (Fsp3) is 0.350. The molecule has 0 spiro atoms. The van der Waals surface area contributed by atoms with Gasteiger partial charge in [-0.3, -0.25) is 4.79 Å². The van der Waals surface area contributed by atoms with Gasteiger partial charge in [0, 0.05) is 25.5 Å². The number of anilines is 1. The molecular weight excluding hydrogens is 400 g/mol. The molecule has 1 aliphatic rings. The van der Waals surface area contributed by atoms with Crippen molar-refractivity contribution in [3.63, 3.8) is 0 Å². The summed E-state index contributed by atoms with van der Waals surface area (Å²) < 4.78 is 27.7. The Labute approximate surface area is 172 Å². The van der Waals surface area contributed by atoms with Crippen molar-refractivity contribution >= 4 is 29.2 Å². The van der Waals surface area contributed by atoms with Crippen LogP contribution in [-0.2, 0) is 4.79 Å². The fourth-order valence-corrected chi connectivity index (χ4v) is 3.80. The summed E-state index contributed by atoms with van der Waals surface area (Å²) in [5.41, 5.74) is 9.75. The van der Waals surface area contributed by atoms with Crippen LogP contribution in [0.2, 0.25) is 5.15 Å². The molecule has 3 rings (SSSR count). The second-order valence-corrected chi connectivity index (χ2v) is 7.40. The minimum atomic E-state index is -2.76. The van der Waals surface area contributed by atoms with Crippen LogP contribution in [0.25, 0.3) is 0 Å². The van der Waals surface area contributed by atoms with Gasteiger partial charge in [0.15, 0.2) is 5.84 Å². The number of hydrogen-bond donors (Lipinski definition) is 3. The highest BCUT2D eigenvalue weighted by Crippen LogP contribution is 2.45. The molecule has 0 saturated heterocycles. The number of alkyl halides is 2. The molecule has 1 aromatic carbocycles. The molecule has 9 heteroatoms. The van der Waals surface area contributed by atoms with Crippen LogP contribution in [0, 0.1) is 5.92 Å². The zero-order valence-corrected chi connectivity index (χ0v) is 16.6.